The molecule has 2 aromatic rings. The van der Waals surface area contributed by atoms with Crippen molar-refractivity contribution in [3.8, 4) is 0 Å². The molecule has 8 nitrogen and oxygen atoms in total. The molecule has 4 heterocycles. The van der Waals surface area contributed by atoms with E-state index in [1.807, 2.05) is 37.8 Å². The maximum absolute atomic E-state index is 12.8. The van der Waals surface area contributed by atoms with Crippen LogP contribution in [0.4, 0.5) is 9.93 Å². The summed E-state index contributed by atoms with van der Waals surface area (Å²) in [6.45, 7) is 9.99. The van der Waals surface area contributed by atoms with Crippen molar-refractivity contribution in [2.45, 2.75) is 45.6 Å². The fourth-order valence-electron chi connectivity index (χ4n) is 4.06. The van der Waals surface area contributed by atoms with E-state index < -0.39 is 5.60 Å². The highest BCUT2D eigenvalue weighted by Crippen LogP contribution is 2.28. The van der Waals surface area contributed by atoms with Crippen molar-refractivity contribution < 1.29 is 14.3 Å². The van der Waals surface area contributed by atoms with E-state index in [1.165, 1.54) is 0 Å². The van der Waals surface area contributed by atoms with Gasteiger partial charge in [-0.15, -0.1) is 0 Å². The first kappa shape index (κ1) is 21.8. The zero-order valence-electron chi connectivity index (χ0n) is 18.5. The van der Waals surface area contributed by atoms with Crippen LogP contribution in [0.3, 0.4) is 0 Å². The summed E-state index contributed by atoms with van der Waals surface area (Å²) in [5.41, 5.74) is 0.451. The van der Waals surface area contributed by atoms with Gasteiger partial charge in [0.05, 0.1) is 0 Å². The molecule has 4 rings (SSSR count). The second-order valence-corrected chi connectivity index (χ2v) is 10.3. The zero-order chi connectivity index (χ0) is 22.0. The van der Waals surface area contributed by atoms with Gasteiger partial charge in [-0.1, -0.05) is 11.3 Å². The number of amides is 2. The minimum absolute atomic E-state index is 0.223. The fraction of sp³-hybridized carbons (Fsp3) is 0.636. The third-order valence-electron chi connectivity index (χ3n) is 5.79. The van der Waals surface area contributed by atoms with E-state index in [0.29, 0.717) is 25.4 Å². The van der Waals surface area contributed by atoms with Crippen molar-refractivity contribution >= 4 is 38.8 Å². The number of carbonyl (C=O) groups is 2. The predicted octanol–water partition coefficient (Wildman–Crippen LogP) is 3.38. The van der Waals surface area contributed by atoms with Crippen LogP contribution in [0.2, 0.25) is 0 Å². The molecule has 0 unspecified atom stereocenters. The molecule has 31 heavy (non-hydrogen) atoms. The van der Waals surface area contributed by atoms with Crippen LogP contribution >= 0.6 is 11.3 Å². The molecule has 0 aliphatic carbocycles. The molecular weight excluding hydrogens is 414 g/mol. The van der Waals surface area contributed by atoms with Crippen LogP contribution in [-0.2, 0) is 9.53 Å². The number of thiazole rings is 1. The van der Waals surface area contributed by atoms with Crippen LogP contribution in [0.25, 0.3) is 10.3 Å². The Balaban J connectivity index is 1.22. The third kappa shape index (κ3) is 5.44. The number of anilines is 1. The summed E-state index contributed by atoms with van der Waals surface area (Å²) in [6.07, 6.45) is 3.80. The third-order valence-corrected chi connectivity index (χ3v) is 6.83. The van der Waals surface area contributed by atoms with Crippen LogP contribution in [0.1, 0.15) is 40.0 Å². The highest BCUT2D eigenvalue weighted by Gasteiger charge is 2.30. The lowest BCUT2D eigenvalue weighted by Gasteiger charge is -2.36. The van der Waals surface area contributed by atoms with Gasteiger partial charge in [0.2, 0.25) is 5.91 Å². The summed E-state index contributed by atoms with van der Waals surface area (Å²) in [6, 6.07) is 3.89. The number of pyridine rings is 1. The standard InChI is InChI=1S/C22H31N5O3S/c1-22(2,3)30-21(29)27-9-6-16(7-10-27)15-18(28)25-11-13-26(14-12-25)20-24-17-5-4-8-23-19(17)31-20/h4-5,8,16H,6-7,9-15H2,1-3H3. The number of hydrogen-bond donors (Lipinski definition) is 0. The van der Waals surface area contributed by atoms with Crippen LogP contribution in [0.5, 0.6) is 0 Å². The molecule has 2 fully saturated rings. The van der Waals surface area contributed by atoms with Gasteiger partial charge in [0, 0.05) is 51.9 Å². The average Bonchev–Trinajstić information content (AvgIpc) is 3.17. The van der Waals surface area contributed by atoms with E-state index in [1.54, 1.807) is 22.4 Å². The molecule has 0 saturated carbocycles. The number of piperidine rings is 1. The van der Waals surface area contributed by atoms with E-state index in [-0.39, 0.29) is 12.0 Å². The van der Waals surface area contributed by atoms with E-state index in [0.717, 1.165) is 54.5 Å². The Morgan fingerprint density at radius 1 is 1.10 bits per heavy atom. The van der Waals surface area contributed by atoms with Crippen LogP contribution in [0.15, 0.2) is 18.3 Å². The molecule has 0 N–H and O–H groups in total. The summed E-state index contributed by atoms with van der Waals surface area (Å²) in [7, 11) is 0. The lowest BCUT2D eigenvalue weighted by Crippen LogP contribution is -2.49. The number of likely N-dealkylation sites (tertiary alicyclic amines) is 1. The van der Waals surface area contributed by atoms with E-state index in [9.17, 15) is 9.59 Å². The van der Waals surface area contributed by atoms with Crippen LogP contribution in [0, 0.1) is 5.92 Å². The van der Waals surface area contributed by atoms with Gasteiger partial charge in [0.1, 0.15) is 15.9 Å². The van der Waals surface area contributed by atoms with Gasteiger partial charge in [-0.25, -0.2) is 14.8 Å². The maximum atomic E-state index is 12.8. The molecule has 2 aromatic heterocycles. The molecule has 0 radical (unpaired) electrons. The SMILES string of the molecule is CC(C)(C)OC(=O)N1CCC(CC(=O)N2CCN(c3nc4cccnc4s3)CC2)CC1. The van der Waals surface area contributed by atoms with Gasteiger partial charge in [0.15, 0.2) is 5.13 Å². The van der Waals surface area contributed by atoms with Gasteiger partial charge < -0.3 is 19.4 Å². The normalized spacial score (nSPS) is 18.5. The molecule has 168 valence electrons. The molecule has 2 aliphatic rings. The molecule has 0 atom stereocenters. The van der Waals surface area contributed by atoms with E-state index >= 15 is 0 Å². The minimum Gasteiger partial charge on any atom is -0.444 e. The summed E-state index contributed by atoms with van der Waals surface area (Å²) in [5, 5.41) is 0.982. The lowest BCUT2D eigenvalue weighted by molar-refractivity contribution is -0.132. The Kier molecular flexibility index (Phi) is 6.31. The number of carbonyl (C=O) groups excluding carboxylic acids is 2. The number of nitrogens with zero attached hydrogens (tertiary/aromatic N) is 5. The lowest BCUT2D eigenvalue weighted by atomic mass is 9.93. The first-order valence-corrected chi connectivity index (χ1v) is 11.8. The second kappa shape index (κ2) is 8.98. The van der Waals surface area contributed by atoms with Gasteiger partial charge in [-0.2, -0.15) is 0 Å². The van der Waals surface area contributed by atoms with Crippen molar-refractivity contribution in [2.24, 2.45) is 5.92 Å². The Labute approximate surface area is 187 Å². The molecule has 2 amide bonds. The largest absolute Gasteiger partial charge is 0.444 e. The number of hydrogen-bond acceptors (Lipinski definition) is 7. The van der Waals surface area contributed by atoms with Crippen molar-refractivity contribution in [2.75, 3.05) is 44.2 Å². The number of ether oxygens (including phenoxy) is 1. The van der Waals surface area contributed by atoms with Gasteiger partial charge in [0.25, 0.3) is 0 Å². The monoisotopic (exact) mass is 445 g/mol. The highest BCUT2D eigenvalue weighted by atomic mass is 32.1. The Bertz CT molecular complexity index is 892. The topological polar surface area (TPSA) is 78.9 Å². The van der Waals surface area contributed by atoms with Crippen molar-refractivity contribution in [1.82, 2.24) is 19.8 Å². The second-order valence-electron chi connectivity index (χ2n) is 9.31. The van der Waals surface area contributed by atoms with Crippen molar-refractivity contribution in [1.29, 1.82) is 0 Å². The van der Waals surface area contributed by atoms with Crippen molar-refractivity contribution in [3.63, 3.8) is 0 Å². The Hall–Kier alpha value is -2.42. The summed E-state index contributed by atoms with van der Waals surface area (Å²) in [4.78, 5) is 41.0. The number of piperazine rings is 1. The zero-order valence-corrected chi connectivity index (χ0v) is 19.4. The first-order chi connectivity index (χ1) is 14.8. The predicted molar refractivity (Wildman–Crippen MR) is 121 cm³/mol. The summed E-state index contributed by atoms with van der Waals surface area (Å²) in [5.74, 6) is 0.556. The Morgan fingerprint density at radius 3 is 2.45 bits per heavy atom. The maximum Gasteiger partial charge on any atom is 0.410 e. The van der Waals surface area contributed by atoms with Gasteiger partial charge in [-0.05, 0) is 51.7 Å². The highest BCUT2D eigenvalue weighted by molar-refractivity contribution is 7.21. The molecule has 0 aromatic carbocycles. The summed E-state index contributed by atoms with van der Waals surface area (Å²) >= 11 is 1.61. The molecule has 0 spiro atoms. The molecule has 2 saturated heterocycles. The van der Waals surface area contributed by atoms with E-state index in [2.05, 4.69) is 14.9 Å². The smallest absolute Gasteiger partial charge is 0.410 e. The van der Waals surface area contributed by atoms with E-state index in [4.69, 9.17) is 4.74 Å². The van der Waals surface area contributed by atoms with Gasteiger partial charge in [-0.3, -0.25) is 4.79 Å². The van der Waals surface area contributed by atoms with Crippen LogP contribution in [-0.4, -0.2) is 76.6 Å². The minimum atomic E-state index is -0.478. The molecular formula is C22H31N5O3S. The molecule has 2 aliphatic heterocycles. The number of aromatic nitrogens is 2. The quantitative estimate of drug-likeness (QED) is 0.721. The summed E-state index contributed by atoms with van der Waals surface area (Å²) < 4.78 is 5.45. The van der Waals surface area contributed by atoms with Gasteiger partial charge >= 0.3 is 6.09 Å². The fourth-order valence-corrected chi connectivity index (χ4v) is 5.02. The first-order valence-electron chi connectivity index (χ1n) is 11.0. The van der Waals surface area contributed by atoms with Crippen molar-refractivity contribution in [3.05, 3.63) is 18.3 Å². The van der Waals surface area contributed by atoms with Crippen LogP contribution < -0.4 is 4.90 Å². The molecule has 9 heteroatoms. The average molecular weight is 446 g/mol. The molecule has 0 bridgehead atoms. The number of fused-ring (bicyclic) bond motifs is 1. The Morgan fingerprint density at radius 2 is 1.81 bits per heavy atom. The number of rotatable bonds is 3.